The number of piperidine rings is 1. The number of aliphatic hydroxyl groups is 1. The van der Waals surface area contributed by atoms with Crippen molar-refractivity contribution in [2.24, 2.45) is 5.92 Å². The molecule has 21 heavy (non-hydrogen) atoms. The Bertz CT molecular complexity index is 365. The summed E-state index contributed by atoms with van der Waals surface area (Å²) < 4.78 is 0. The first-order chi connectivity index (χ1) is 10.2. The SMILES string of the molecule is O=C1N(CC2CCCCC2)CCC[C@]1(O)CN1CCCO1. The van der Waals surface area contributed by atoms with Gasteiger partial charge in [0.2, 0.25) is 0 Å². The van der Waals surface area contributed by atoms with Crippen molar-refractivity contribution in [3.05, 3.63) is 0 Å². The van der Waals surface area contributed by atoms with Crippen LogP contribution in [0.1, 0.15) is 51.4 Å². The minimum absolute atomic E-state index is 0.0742. The molecule has 3 rings (SSSR count). The molecule has 0 radical (unpaired) electrons. The van der Waals surface area contributed by atoms with E-state index in [1.807, 2.05) is 4.90 Å². The van der Waals surface area contributed by atoms with Gasteiger partial charge in [0, 0.05) is 19.6 Å². The largest absolute Gasteiger partial charge is 0.379 e. The van der Waals surface area contributed by atoms with Crippen molar-refractivity contribution < 1.29 is 14.7 Å². The Morgan fingerprint density at radius 2 is 1.95 bits per heavy atom. The van der Waals surface area contributed by atoms with Crippen molar-refractivity contribution in [1.29, 1.82) is 0 Å². The molecule has 1 aliphatic carbocycles. The van der Waals surface area contributed by atoms with Crippen LogP contribution in [-0.4, -0.2) is 59.4 Å². The molecule has 2 heterocycles. The average molecular weight is 296 g/mol. The van der Waals surface area contributed by atoms with E-state index in [0.29, 0.717) is 25.5 Å². The van der Waals surface area contributed by atoms with Crippen molar-refractivity contribution in [3.63, 3.8) is 0 Å². The van der Waals surface area contributed by atoms with Crippen LogP contribution in [0, 0.1) is 5.92 Å². The molecule has 1 N–H and O–H groups in total. The van der Waals surface area contributed by atoms with Gasteiger partial charge >= 0.3 is 0 Å². The normalized spacial score (nSPS) is 32.8. The van der Waals surface area contributed by atoms with Gasteiger partial charge < -0.3 is 10.0 Å². The van der Waals surface area contributed by atoms with Crippen LogP contribution >= 0.6 is 0 Å². The molecule has 1 saturated carbocycles. The van der Waals surface area contributed by atoms with E-state index >= 15 is 0 Å². The summed E-state index contributed by atoms with van der Waals surface area (Å²) in [4.78, 5) is 20.1. The van der Waals surface area contributed by atoms with Gasteiger partial charge in [-0.2, -0.15) is 5.06 Å². The van der Waals surface area contributed by atoms with Crippen molar-refractivity contribution in [2.75, 3.05) is 32.8 Å². The molecule has 0 bridgehead atoms. The number of carbonyl (C=O) groups is 1. The minimum atomic E-state index is -1.24. The highest BCUT2D eigenvalue weighted by atomic mass is 16.7. The van der Waals surface area contributed by atoms with E-state index in [9.17, 15) is 9.90 Å². The topological polar surface area (TPSA) is 53.0 Å². The maximum Gasteiger partial charge on any atom is 0.255 e. The third kappa shape index (κ3) is 3.58. The number of hydrogen-bond acceptors (Lipinski definition) is 4. The fourth-order valence-electron chi connectivity index (χ4n) is 3.98. The Kier molecular flexibility index (Phi) is 4.82. The molecule has 5 nitrogen and oxygen atoms in total. The van der Waals surface area contributed by atoms with Crippen LogP contribution in [0.5, 0.6) is 0 Å². The van der Waals surface area contributed by atoms with Crippen molar-refractivity contribution in [2.45, 2.75) is 57.0 Å². The van der Waals surface area contributed by atoms with Gasteiger partial charge in [-0.25, -0.2) is 0 Å². The minimum Gasteiger partial charge on any atom is -0.379 e. The summed E-state index contributed by atoms with van der Waals surface area (Å²) in [7, 11) is 0. The van der Waals surface area contributed by atoms with Gasteiger partial charge in [0.05, 0.1) is 13.2 Å². The Morgan fingerprint density at radius 3 is 2.67 bits per heavy atom. The Balaban J connectivity index is 1.58. The zero-order valence-corrected chi connectivity index (χ0v) is 12.9. The number of nitrogens with zero attached hydrogens (tertiary/aromatic N) is 2. The van der Waals surface area contributed by atoms with Gasteiger partial charge in [0.25, 0.3) is 5.91 Å². The summed E-state index contributed by atoms with van der Waals surface area (Å²) in [6, 6.07) is 0. The van der Waals surface area contributed by atoms with Crippen LogP contribution in [-0.2, 0) is 9.63 Å². The first kappa shape index (κ1) is 15.3. The highest BCUT2D eigenvalue weighted by Gasteiger charge is 2.44. The van der Waals surface area contributed by atoms with Gasteiger partial charge in [-0.15, -0.1) is 0 Å². The summed E-state index contributed by atoms with van der Waals surface area (Å²) in [5.74, 6) is 0.558. The van der Waals surface area contributed by atoms with Crippen LogP contribution in [0.2, 0.25) is 0 Å². The predicted octanol–water partition coefficient (Wildman–Crippen LogP) is 1.56. The molecule has 0 spiro atoms. The van der Waals surface area contributed by atoms with Gasteiger partial charge in [0.15, 0.2) is 5.60 Å². The Morgan fingerprint density at radius 1 is 1.14 bits per heavy atom. The second kappa shape index (κ2) is 6.63. The highest BCUT2D eigenvalue weighted by Crippen LogP contribution is 2.29. The highest BCUT2D eigenvalue weighted by molar-refractivity contribution is 5.86. The molecule has 2 aliphatic heterocycles. The van der Waals surface area contributed by atoms with Crippen LogP contribution in [0.15, 0.2) is 0 Å². The maximum atomic E-state index is 12.7. The molecule has 5 heteroatoms. The van der Waals surface area contributed by atoms with Gasteiger partial charge in [-0.1, -0.05) is 19.3 Å². The molecule has 1 atom stereocenters. The van der Waals surface area contributed by atoms with Crippen LogP contribution in [0.3, 0.4) is 0 Å². The second-order valence-corrected chi connectivity index (χ2v) is 6.94. The molecule has 120 valence electrons. The molecule has 0 aromatic rings. The van der Waals surface area contributed by atoms with Gasteiger partial charge in [0.1, 0.15) is 0 Å². The lowest BCUT2D eigenvalue weighted by atomic mass is 9.86. The molecule has 3 aliphatic rings. The van der Waals surface area contributed by atoms with Crippen LogP contribution < -0.4 is 0 Å². The molecule has 1 amide bonds. The third-order valence-corrected chi connectivity index (χ3v) is 5.17. The Hall–Kier alpha value is -0.650. The van der Waals surface area contributed by atoms with Crippen molar-refractivity contribution in [1.82, 2.24) is 9.96 Å². The molecule has 3 fully saturated rings. The van der Waals surface area contributed by atoms with E-state index in [-0.39, 0.29) is 5.91 Å². The van der Waals surface area contributed by atoms with E-state index in [1.54, 1.807) is 5.06 Å². The quantitative estimate of drug-likeness (QED) is 0.855. The van der Waals surface area contributed by atoms with E-state index in [0.717, 1.165) is 32.5 Å². The van der Waals surface area contributed by atoms with Crippen LogP contribution in [0.4, 0.5) is 0 Å². The van der Waals surface area contributed by atoms with Crippen LogP contribution in [0.25, 0.3) is 0 Å². The molecular formula is C16H28N2O3. The second-order valence-electron chi connectivity index (χ2n) is 6.94. The lowest BCUT2D eigenvalue weighted by Gasteiger charge is -2.41. The van der Waals surface area contributed by atoms with Gasteiger partial charge in [-0.05, 0) is 38.0 Å². The molecule has 0 aromatic heterocycles. The monoisotopic (exact) mass is 296 g/mol. The molecule has 0 unspecified atom stereocenters. The lowest BCUT2D eigenvalue weighted by molar-refractivity contribution is -0.182. The third-order valence-electron chi connectivity index (χ3n) is 5.17. The number of amides is 1. The van der Waals surface area contributed by atoms with Gasteiger partial charge in [-0.3, -0.25) is 9.63 Å². The number of likely N-dealkylation sites (tertiary alicyclic amines) is 1. The fraction of sp³-hybridized carbons (Fsp3) is 0.938. The standard InChI is InChI=1S/C16H28N2O3/c19-15-16(20,13-18-10-5-11-21-18)8-4-9-17(15)12-14-6-2-1-3-7-14/h14,20H,1-13H2/t16-/m0/s1. The maximum absolute atomic E-state index is 12.7. The molecular weight excluding hydrogens is 268 g/mol. The van der Waals surface area contributed by atoms with E-state index in [4.69, 9.17) is 4.84 Å². The summed E-state index contributed by atoms with van der Waals surface area (Å²) in [6.45, 7) is 3.49. The zero-order chi connectivity index (χ0) is 14.7. The average Bonchev–Trinajstić information content (AvgIpc) is 2.98. The number of carbonyl (C=O) groups excluding carboxylic acids is 1. The number of hydrogen-bond donors (Lipinski definition) is 1. The summed E-state index contributed by atoms with van der Waals surface area (Å²) >= 11 is 0. The van der Waals surface area contributed by atoms with Crippen molar-refractivity contribution >= 4 is 5.91 Å². The first-order valence-corrected chi connectivity index (χ1v) is 8.57. The fourth-order valence-corrected chi connectivity index (χ4v) is 3.98. The predicted molar refractivity (Wildman–Crippen MR) is 79.5 cm³/mol. The smallest absolute Gasteiger partial charge is 0.255 e. The summed E-state index contributed by atoms with van der Waals surface area (Å²) in [5.41, 5.74) is -1.24. The van der Waals surface area contributed by atoms with E-state index in [2.05, 4.69) is 0 Å². The number of rotatable bonds is 4. The summed E-state index contributed by atoms with van der Waals surface area (Å²) in [5, 5.41) is 12.6. The Labute approximate surface area is 127 Å². The molecule has 2 saturated heterocycles. The lowest BCUT2D eigenvalue weighted by Crippen LogP contribution is -2.58. The van der Waals surface area contributed by atoms with E-state index < -0.39 is 5.60 Å². The number of β-amino-alcohol motifs (C(OH)–C–C–N with tert-alkyl or cyclic N) is 1. The first-order valence-electron chi connectivity index (χ1n) is 8.57. The van der Waals surface area contributed by atoms with Crippen molar-refractivity contribution in [3.8, 4) is 0 Å². The number of hydroxylamine groups is 2. The zero-order valence-electron chi connectivity index (χ0n) is 12.9. The summed E-state index contributed by atoms with van der Waals surface area (Å²) in [6.07, 6.45) is 8.82. The molecule has 0 aromatic carbocycles. The van der Waals surface area contributed by atoms with E-state index in [1.165, 1.54) is 32.1 Å².